The van der Waals surface area contributed by atoms with Crippen molar-refractivity contribution in [3.63, 3.8) is 0 Å². The fourth-order valence-electron chi connectivity index (χ4n) is 2.14. The quantitative estimate of drug-likeness (QED) is 0.273. The third-order valence-corrected chi connectivity index (χ3v) is 7.27. The molecular weight excluding hydrogens is 561 g/mol. The standard InChI is InChI=1S/C9H12O.C9H12.C4H8OS.C4H10S.C3H8O3S.C3H8/c1-8-3-5-9(6-4-8)7-10-2;1-3-9-6-4-8(2)5-7-9;1-3-4(5)6-2;1-3-4-5-2;1-3-7(4,5)6-2;1-3-2/h3-6H,7H2,1-2H3;4-7H,3H2,1-2H3;3H2,1-2H3;3-4H2,1-2H3;3H2,1-2H3;3H2,1-2H3. The maximum atomic E-state index is 10.1. The van der Waals surface area contributed by atoms with Gasteiger partial charge in [-0.2, -0.15) is 20.2 Å². The lowest BCUT2D eigenvalue weighted by Gasteiger charge is -1.98. The molecule has 0 aliphatic carbocycles. The summed E-state index contributed by atoms with van der Waals surface area (Å²) in [6.07, 6.45) is 8.28. The zero-order valence-corrected chi connectivity index (χ0v) is 29.8. The second kappa shape index (κ2) is 33.9. The van der Waals surface area contributed by atoms with Crippen molar-refractivity contribution in [2.45, 2.75) is 87.7 Å². The summed E-state index contributed by atoms with van der Waals surface area (Å²) in [4.78, 5) is 10.1. The van der Waals surface area contributed by atoms with Crippen molar-refractivity contribution in [3.05, 3.63) is 70.8 Å². The summed E-state index contributed by atoms with van der Waals surface area (Å²) in [7, 11) is -0.298. The average molecular weight is 619 g/mol. The second-order valence-electron chi connectivity index (χ2n) is 8.40. The van der Waals surface area contributed by atoms with Crippen LogP contribution in [0.15, 0.2) is 48.5 Å². The molecule has 0 radical (unpaired) electrons. The Bertz CT molecular complexity index is 864. The summed E-state index contributed by atoms with van der Waals surface area (Å²) in [5.41, 5.74) is 5.28. The number of ether oxygens (including phenoxy) is 1. The first-order valence-electron chi connectivity index (χ1n) is 13.9. The molecule has 0 spiro atoms. The van der Waals surface area contributed by atoms with E-state index in [2.05, 4.69) is 101 Å². The Labute approximate surface area is 256 Å². The Morgan fingerprint density at radius 2 is 1.20 bits per heavy atom. The summed E-state index contributed by atoms with van der Waals surface area (Å²) < 4.78 is 29.3. The lowest BCUT2D eigenvalue weighted by molar-refractivity contribution is -0.110. The highest BCUT2D eigenvalue weighted by Crippen LogP contribution is 2.03. The molecule has 0 amide bonds. The molecule has 2 aromatic carbocycles. The normalized spacial score (nSPS) is 9.40. The topological polar surface area (TPSA) is 69.7 Å². The molecule has 0 aliphatic rings. The van der Waals surface area contributed by atoms with Crippen LogP contribution in [-0.2, 0) is 36.9 Å². The van der Waals surface area contributed by atoms with Crippen LogP contribution in [0.2, 0.25) is 0 Å². The first kappa shape index (κ1) is 45.7. The highest BCUT2D eigenvalue weighted by Gasteiger charge is 2.00. The Kier molecular flexibility index (Phi) is 38.7. The van der Waals surface area contributed by atoms with E-state index in [1.165, 1.54) is 59.5 Å². The smallest absolute Gasteiger partial charge is 0.266 e. The van der Waals surface area contributed by atoms with Gasteiger partial charge < -0.3 is 4.74 Å². The number of aryl methyl sites for hydroxylation is 3. The number of rotatable bonds is 8. The van der Waals surface area contributed by atoms with Crippen molar-refractivity contribution < 1.29 is 22.1 Å². The molecule has 2 aromatic rings. The number of methoxy groups -OCH3 is 1. The highest BCUT2D eigenvalue weighted by atomic mass is 32.2. The zero-order valence-electron chi connectivity index (χ0n) is 27.3. The van der Waals surface area contributed by atoms with E-state index in [4.69, 9.17) is 4.74 Å². The van der Waals surface area contributed by atoms with Crippen LogP contribution in [0, 0.1) is 13.8 Å². The molecule has 0 aliphatic heterocycles. The van der Waals surface area contributed by atoms with Gasteiger partial charge in [-0.3, -0.25) is 8.98 Å². The van der Waals surface area contributed by atoms with E-state index in [0.29, 0.717) is 13.0 Å². The number of hydrogen-bond acceptors (Lipinski definition) is 7. The molecule has 0 N–H and O–H groups in total. The SMILES string of the molecule is CCC.CCC(=O)SC.CCCSC.CCS(=O)(=O)OC.CCc1ccc(C)cc1.COCc1ccc(C)cc1. The van der Waals surface area contributed by atoms with Gasteiger partial charge in [0.05, 0.1) is 19.5 Å². The number of thioether (sulfide) groups is 2. The van der Waals surface area contributed by atoms with Gasteiger partial charge in [-0.1, -0.05) is 112 Å². The summed E-state index contributed by atoms with van der Waals surface area (Å²) in [6, 6.07) is 17.0. The van der Waals surface area contributed by atoms with Crippen LogP contribution in [0.25, 0.3) is 0 Å². The third-order valence-electron chi connectivity index (χ3n) is 4.49. The lowest BCUT2D eigenvalue weighted by atomic mass is 10.1. The van der Waals surface area contributed by atoms with E-state index in [1.54, 1.807) is 13.4 Å². The first-order valence-corrected chi connectivity index (χ1v) is 18.0. The van der Waals surface area contributed by atoms with Crippen LogP contribution in [0.3, 0.4) is 0 Å². The highest BCUT2D eigenvalue weighted by molar-refractivity contribution is 8.13. The van der Waals surface area contributed by atoms with Crippen LogP contribution >= 0.6 is 23.5 Å². The first-order chi connectivity index (χ1) is 18.9. The van der Waals surface area contributed by atoms with Gasteiger partial charge in [0.25, 0.3) is 10.1 Å². The van der Waals surface area contributed by atoms with Gasteiger partial charge in [0.2, 0.25) is 0 Å². The van der Waals surface area contributed by atoms with Crippen LogP contribution in [0.5, 0.6) is 0 Å². The van der Waals surface area contributed by atoms with Gasteiger partial charge in [-0.15, -0.1) is 0 Å². The van der Waals surface area contributed by atoms with Crippen molar-refractivity contribution in [1.82, 2.24) is 0 Å². The Balaban J connectivity index is -0.000000202. The van der Waals surface area contributed by atoms with Crippen molar-refractivity contribution in [3.8, 4) is 0 Å². The van der Waals surface area contributed by atoms with E-state index in [-0.39, 0.29) is 10.9 Å². The molecule has 0 heterocycles. The maximum absolute atomic E-state index is 10.1. The number of benzene rings is 2. The van der Waals surface area contributed by atoms with Crippen LogP contribution < -0.4 is 0 Å². The Morgan fingerprint density at radius 3 is 1.38 bits per heavy atom. The lowest BCUT2D eigenvalue weighted by Crippen LogP contribution is -2.03. The summed E-state index contributed by atoms with van der Waals surface area (Å²) in [6.45, 7) is 16.9. The molecule has 2 rings (SSSR count). The Hall–Kier alpha value is -1.32. The largest absolute Gasteiger partial charge is 0.380 e. The molecular formula is C32H58O5S3. The molecule has 0 saturated heterocycles. The van der Waals surface area contributed by atoms with Crippen LogP contribution in [0.1, 0.15) is 83.1 Å². The van der Waals surface area contributed by atoms with E-state index in [0.717, 1.165) is 13.5 Å². The minimum atomic E-state index is -3.16. The second-order valence-corrected chi connectivity index (χ2v) is 12.3. The molecule has 40 heavy (non-hydrogen) atoms. The average Bonchev–Trinajstić information content (AvgIpc) is 2.96. The van der Waals surface area contributed by atoms with E-state index in [1.807, 2.05) is 18.7 Å². The molecule has 0 fully saturated rings. The summed E-state index contributed by atoms with van der Waals surface area (Å²) >= 11 is 3.19. The predicted molar refractivity (Wildman–Crippen MR) is 182 cm³/mol. The minimum absolute atomic E-state index is 0.0451. The minimum Gasteiger partial charge on any atom is -0.380 e. The number of carbonyl (C=O) groups excluding carboxylic acids is 1. The van der Waals surface area contributed by atoms with E-state index >= 15 is 0 Å². The van der Waals surface area contributed by atoms with Gasteiger partial charge in [0.1, 0.15) is 0 Å². The van der Waals surface area contributed by atoms with Gasteiger partial charge >= 0.3 is 0 Å². The fraction of sp³-hybridized carbons (Fsp3) is 0.594. The zero-order chi connectivity index (χ0) is 31.8. The maximum Gasteiger partial charge on any atom is 0.266 e. The monoisotopic (exact) mass is 618 g/mol. The van der Waals surface area contributed by atoms with Crippen molar-refractivity contribution in [2.75, 3.05) is 38.2 Å². The number of carbonyl (C=O) groups is 1. The molecule has 0 saturated carbocycles. The van der Waals surface area contributed by atoms with Crippen LogP contribution in [0.4, 0.5) is 0 Å². The van der Waals surface area contributed by atoms with Gasteiger partial charge in [-0.05, 0) is 63.0 Å². The van der Waals surface area contributed by atoms with E-state index in [9.17, 15) is 13.2 Å². The summed E-state index contributed by atoms with van der Waals surface area (Å²) in [5.74, 6) is 1.35. The van der Waals surface area contributed by atoms with Crippen molar-refractivity contribution in [2.24, 2.45) is 0 Å². The fourth-order valence-corrected chi connectivity index (χ4v) is 3.07. The van der Waals surface area contributed by atoms with Crippen molar-refractivity contribution >= 4 is 38.8 Å². The molecule has 5 nitrogen and oxygen atoms in total. The van der Waals surface area contributed by atoms with E-state index < -0.39 is 10.1 Å². The van der Waals surface area contributed by atoms with Crippen molar-refractivity contribution in [1.29, 1.82) is 0 Å². The van der Waals surface area contributed by atoms with Gasteiger partial charge in [-0.25, -0.2) is 0 Å². The molecule has 0 aromatic heterocycles. The molecule has 234 valence electrons. The summed E-state index contributed by atoms with van der Waals surface area (Å²) in [5, 5.41) is 0.259. The number of hydrogen-bond donors (Lipinski definition) is 0. The predicted octanol–water partition coefficient (Wildman–Crippen LogP) is 9.14. The molecule has 0 bridgehead atoms. The van der Waals surface area contributed by atoms with Gasteiger partial charge in [0.15, 0.2) is 5.12 Å². The Morgan fingerprint density at radius 1 is 0.775 bits per heavy atom. The third kappa shape index (κ3) is 36.7. The van der Waals surface area contributed by atoms with Gasteiger partial charge in [0, 0.05) is 13.5 Å². The molecule has 8 heteroatoms. The van der Waals surface area contributed by atoms with Crippen LogP contribution in [-0.4, -0.2) is 51.8 Å². The molecule has 0 unspecified atom stereocenters. The molecule has 0 atom stereocenters.